The van der Waals surface area contributed by atoms with E-state index < -0.39 is 33.9 Å². The molecule has 3 N–H and O–H groups in total. The molecule has 1 aliphatic heterocycles. The summed E-state index contributed by atoms with van der Waals surface area (Å²) in [5, 5.41) is 0. The van der Waals surface area contributed by atoms with Crippen molar-refractivity contribution in [1.29, 1.82) is 0 Å². The molecule has 0 spiro atoms. The number of fused-ring (bicyclic) bond motifs is 1. The molecule has 0 bridgehead atoms. The smallest absolute Gasteiger partial charge is 0.386 e. The number of nitrogens with one attached hydrogen (secondary N) is 1. The van der Waals surface area contributed by atoms with Gasteiger partial charge in [0.1, 0.15) is 5.84 Å². The lowest BCUT2D eigenvalue weighted by Crippen LogP contribution is -2.49. The van der Waals surface area contributed by atoms with Gasteiger partial charge in [0.2, 0.25) is 0 Å². The fourth-order valence-electron chi connectivity index (χ4n) is 1.65. The average Bonchev–Trinajstić information content (AvgIpc) is 2.13. The van der Waals surface area contributed by atoms with Crippen LogP contribution in [0.15, 0.2) is 28.2 Å². The van der Waals surface area contributed by atoms with E-state index >= 15 is 0 Å². The minimum absolute atomic E-state index is 0.347. The first kappa shape index (κ1) is 12.1. The SMILES string of the molecule is NC1=NS(=O)(=O)NC2C=CC(C(F)(F)F)=CC12. The van der Waals surface area contributed by atoms with Crippen LogP contribution in [0.5, 0.6) is 0 Å². The van der Waals surface area contributed by atoms with Crippen molar-refractivity contribution in [3.05, 3.63) is 23.8 Å². The summed E-state index contributed by atoms with van der Waals surface area (Å²) in [6.07, 6.45) is -1.68. The third-order valence-electron chi connectivity index (χ3n) is 2.41. The Labute approximate surface area is 95.1 Å². The van der Waals surface area contributed by atoms with Crippen LogP contribution in [0.4, 0.5) is 13.2 Å². The number of nitrogens with zero attached hydrogens (tertiary/aromatic N) is 1. The Morgan fingerprint density at radius 3 is 2.65 bits per heavy atom. The zero-order valence-corrected chi connectivity index (χ0v) is 9.09. The van der Waals surface area contributed by atoms with E-state index in [4.69, 9.17) is 5.73 Å². The van der Waals surface area contributed by atoms with Gasteiger partial charge in [-0.1, -0.05) is 18.2 Å². The topological polar surface area (TPSA) is 84.5 Å². The van der Waals surface area contributed by atoms with E-state index in [0.29, 0.717) is 0 Å². The summed E-state index contributed by atoms with van der Waals surface area (Å²) in [4.78, 5) is 0. The van der Waals surface area contributed by atoms with E-state index in [1.54, 1.807) is 0 Å². The molecule has 2 rings (SSSR count). The third kappa shape index (κ3) is 2.34. The van der Waals surface area contributed by atoms with Crippen LogP contribution >= 0.6 is 0 Å². The minimum atomic E-state index is -4.49. The molecule has 0 aromatic heterocycles. The lowest BCUT2D eigenvalue weighted by atomic mass is 9.91. The summed E-state index contributed by atoms with van der Waals surface area (Å²) in [5.74, 6) is -1.25. The first-order valence-corrected chi connectivity index (χ1v) is 5.98. The largest absolute Gasteiger partial charge is 0.416 e. The van der Waals surface area contributed by atoms with Crippen LogP contribution in [0.2, 0.25) is 0 Å². The third-order valence-corrected chi connectivity index (χ3v) is 3.43. The lowest BCUT2D eigenvalue weighted by Gasteiger charge is -2.29. The zero-order valence-electron chi connectivity index (χ0n) is 8.27. The Balaban J connectivity index is 2.41. The fourth-order valence-corrected chi connectivity index (χ4v) is 2.67. The van der Waals surface area contributed by atoms with Gasteiger partial charge in [0.15, 0.2) is 0 Å². The highest BCUT2D eigenvalue weighted by atomic mass is 32.2. The summed E-state index contributed by atoms with van der Waals surface area (Å²) in [6, 6.07) is -0.816. The number of halogens is 3. The molecule has 0 aromatic carbocycles. The van der Waals surface area contributed by atoms with Gasteiger partial charge < -0.3 is 5.73 Å². The molecule has 94 valence electrons. The van der Waals surface area contributed by atoms with Crippen LogP contribution in [-0.2, 0) is 10.2 Å². The Kier molecular flexibility index (Phi) is 2.54. The van der Waals surface area contributed by atoms with Gasteiger partial charge >= 0.3 is 16.4 Å². The highest BCUT2D eigenvalue weighted by molar-refractivity contribution is 7.88. The second kappa shape index (κ2) is 3.57. The quantitative estimate of drug-likeness (QED) is 0.659. The molecule has 2 atom stereocenters. The van der Waals surface area contributed by atoms with Crippen molar-refractivity contribution < 1.29 is 21.6 Å². The maximum absolute atomic E-state index is 12.4. The number of allylic oxidation sites excluding steroid dienone is 2. The summed E-state index contributed by atoms with van der Waals surface area (Å²) in [5.41, 5.74) is 4.49. The average molecular weight is 267 g/mol. The minimum Gasteiger partial charge on any atom is -0.386 e. The molecule has 2 unspecified atom stereocenters. The van der Waals surface area contributed by atoms with E-state index in [2.05, 4.69) is 9.12 Å². The van der Waals surface area contributed by atoms with Gasteiger partial charge in [-0.25, -0.2) is 0 Å². The van der Waals surface area contributed by atoms with Crippen molar-refractivity contribution in [1.82, 2.24) is 4.72 Å². The Bertz CT molecular complexity index is 533. The molecule has 0 aromatic rings. The molecule has 2 aliphatic rings. The van der Waals surface area contributed by atoms with Gasteiger partial charge in [0, 0.05) is 0 Å². The van der Waals surface area contributed by atoms with E-state index in [1.165, 1.54) is 0 Å². The van der Waals surface area contributed by atoms with Crippen LogP contribution in [0.25, 0.3) is 0 Å². The van der Waals surface area contributed by atoms with Crippen LogP contribution in [-0.4, -0.2) is 26.5 Å². The van der Waals surface area contributed by atoms with E-state index in [1.807, 2.05) is 0 Å². The molecule has 1 heterocycles. The first-order valence-electron chi connectivity index (χ1n) is 4.54. The lowest BCUT2D eigenvalue weighted by molar-refractivity contribution is -0.0888. The van der Waals surface area contributed by atoms with Gasteiger partial charge in [0.05, 0.1) is 17.5 Å². The van der Waals surface area contributed by atoms with Crippen LogP contribution < -0.4 is 10.5 Å². The molecule has 0 fully saturated rings. The molecule has 1 aliphatic carbocycles. The number of rotatable bonds is 0. The maximum Gasteiger partial charge on any atom is 0.416 e. The highest BCUT2D eigenvalue weighted by Gasteiger charge is 2.39. The summed E-state index contributed by atoms with van der Waals surface area (Å²) in [7, 11) is -3.90. The Morgan fingerprint density at radius 2 is 2.06 bits per heavy atom. The second-order valence-electron chi connectivity index (χ2n) is 3.64. The number of hydrogen-bond donors (Lipinski definition) is 2. The molecule has 5 nitrogen and oxygen atoms in total. The molecular formula is C8H8F3N3O2S. The van der Waals surface area contributed by atoms with E-state index in [9.17, 15) is 21.6 Å². The molecule has 0 saturated heterocycles. The summed E-state index contributed by atoms with van der Waals surface area (Å²) >= 11 is 0. The number of nitrogens with two attached hydrogens (primary N) is 1. The number of amidine groups is 1. The predicted molar refractivity (Wildman–Crippen MR) is 54.2 cm³/mol. The van der Waals surface area contributed by atoms with Gasteiger partial charge in [0.25, 0.3) is 0 Å². The van der Waals surface area contributed by atoms with Crippen LogP contribution in [0.1, 0.15) is 0 Å². The zero-order chi connectivity index (χ0) is 12.8. The predicted octanol–water partition coefficient (Wildman–Crippen LogP) is 0.235. The number of alkyl halides is 3. The molecule has 0 radical (unpaired) electrons. The van der Waals surface area contributed by atoms with E-state index in [0.717, 1.165) is 18.2 Å². The fraction of sp³-hybridized carbons (Fsp3) is 0.375. The normalized spacial score (nSPS) is 31.5. The van der Waals surface area contributed by atoms with Crippen LogP contribution in [0, 0.1) is 5.92 Å². The number of hydrogen-bond acceptors (Lipinski definition) is 3. The van der Waals surface area contributed by atoms with Crippen molar-refractivity contribution in [3.63, 3.8) is 0 Å². The Morgan fingerprint density at radius 1 is 1.41 bits per heavy atom. The second-order valence-corrected chi connectivity index (χ2v) is 5.01. The van der Waals surface area contributed by atoms with Gasteiger partial charge in [-0.05, 0) is 0 Å². The van der Waals surface area contributed by atoms with E-state index in [-0.39, 0.29) is 5.84 Å². The van der Waals surface area contributed by atoms with Gasteiger partial charge in [-0.3, -0.25) is 0 Å². The van der Waals surface area contributed by atoms with Crippen LogP contribution in [0.3, 0.4) is 0 Å². The van der Waals surface area contributed by atoms with Crippen molar-refractivity contribution in [2.75, 3.05) is 0 Å². The molecular weight excluding hydrogens is 259 g/mol. The van der Waals surface area contributed by atoms with Crippen molar-refractivity contribution in [2.24, 2.45) is 16.0 Å². The molecule has 17 heavy (non-hydrogen) atoms. The van der Waals surface area contributed by atoms with Crippen molar-refractivity contribution in [3.8, 4) is 0 Å². The van der Waals surface area contributed by atoms with Gasteiger partial charge in [-0.2, -0.15) is 26.3 Å². The van der Waals surface area contributed by atoms with Crippen molar-refractivity contribution in [2.45, 2.75) is 12.2 Å². The van der Waals surface area contributed by atoms with Crippen molar-refractivity contribution >= 4 is 16.0 Å². The summed E-state index contributed by atoms with van der Waals surface area (Å²) < 4.78 is 64.8. The standard InChI is InChI=1S/C8H8F3N3O2S/c9-8(10,11)4-1-2-6-5(3-4)7(12)14-17(15,16)13-6/h1-3,5-6,13H,(H2,12,14). The monoisotopic (exact) mass is 267 g/mol. The Hall–Kier alpha value is -1.35. The summed E-state index contributed by atoms with van der Waals surface area (Å²) in [6.45, 7) is 0. The maximum atomic E-state index is 12.4. The highest BCUT2D eigenvalue weighted by Crippen LogP contribution is 2.32. The molecule has 0 amide bonds. The van der Waals surface area contributed by atoms with Gasteiger partial charge in [-0.15, -0.1) is 4.40 Å². The molecule has 9 heteroatoms. The molecule has 0 saturated carbocycles. The first-order chi connectivity index (χ1) is 7.69.